The highest BCUT2D eigenvalue weighted by molar-refractivity contribution is 6.10. The smallest absolute Gasteiger partial charge is 0.325 e. The van der Waals surface area contributed by atoms with E-state index in [4.69, 9.17) is 4.74 Å². The van der Waals surface area contributed by atoms with Gasteiger partial charge in [0, 0.05) is 6.07 Å². The number of carbonyl (C=O) groups excluding carboxylic acids is 3. The van der Waals surface area contributed by atoms with Gasteiger partial charge in [-0.3, -0.25) is 14.5 Å². The molecule has 2 N–H and O–H groups in total. The number of halogens is 2. The summed E-state index contributed by atoms with van der Waals surface area (Å²) < 4.78 is 31.8. The van der Waals surface area contributed by atoms with E-state index in [1.54, 1.807) is 31.2 Å². The van der Waals surface area contributed by atoms with Gasteiger partial charge in [0.25, 0.3) is 5.91 Å². The Kier molecular flexibility index (Phi) is 5.49. The molecule has 29 heavy (non-hydrogen) atoms. The Morgan fingerprint density at radius 2 is 1.86 bits per heavy atom. The third kappa shape index (κ3) is 3.75. The number of hydrogen-bond donors (Lipinski definition) is 2. The number of nitrogens with one attached hydrogen (secondary N) is 2. The van der Waals surface area contributed by atoms with E-state index < -0.39 is 41.6 Å². The predicted octanol–water partition coefficient (Wildman–Crippen LogP) is 2.77. The van der Waals surface area contributed by atoms with Crippen molar-refractivity contribution in [3.8, 4) is 5.75 Å². The fraction of sp³-hybridized carbons (Fsp3) is 0.250. The lowest BCUT2D eigenvalue weighted by molar-refractivity contribution is -0.134. The number of rotatable bonds is 6. The summed E-state index contributed by atoms with van der Waals surface area (Å²) in [6.45, 7) is 1.12. The third-order valence-electron chi connectivity index (χ3n) is 4.80. The van der Waals surface area contributed by atoms with Gasteiger partial charge < -0.3 is 15.4 Å². The van der Waals surface area contributed by atoms with Crippen LogP contribution in [0.3, 0.4) is 0 Å². The average molecular weight is 403 g/mol. The van der Waals surface area contributed by atoms with Crippen LogP contribution < -0.4 is 15.4 Å². The molecule has 7 nitrogen and oxygen atoms in total. The fourth-order valence-electron chi connectivity index (χ4n) is 3.21. The number of amides is 4. The van der Waals surface area contributed by atoms with E-state index in [0.29, 0.717) is 17.4 Å². The van der Waals surface area contributed by atoms with Gasteiger partial charge in [-0.2, -0.15) is 0 Å². The van der Waals surface area contributed by atoms with Gasteiger partial charge in [0.15, 0.2) is 0 Å². The van der Waals surface area contributed by atoms with E-state index in [9.17, 15) is 23.2 Å². The van der Waals surface area contributed by atoms with Crippen LogP contribution in [0.5, 0.6) is 5.75 Å². The Labute approximate surface area is 165 Å². The van der Waals surface area contributed by atoms with Gasteiger partial charge in [0.2, 0.25) is 5.91 Å². The van der Waals surface area contributed by atoms with Gasteiger partial charge in [-0.15, -0.1) is 0 Å². The first-order chi connectivity index (χ1) is 13.8. The molecule has 0 aromatic heterocycles. The van der Waals surface area contributed by atoms with Crippen LogP contribution in [0.2, 0.25) is 0 Å². The van der Waals surface area contributed by atoms with Crippen molar-refractivity contribution in [2.75, 3.05) is 19.0 Å². The van der Waals surface area contributed by atoms with E-state index in [1.807, 2.05) is 0 Å². The normalized spacial score (nSPS) is 18.6. The highest BCUT2D eigenvalue weighted by Gasteiger charge is 2.51. The van der Waals surface area contributed by atoms with Crippen LogP contribution in [-0.4, -0.2) is 36.4 Å². The number of anilines is 1. The Balaban J connectivity index is 1.79. The van der Waals surface area contributed by atoms with Crippen molar-refractivity contribution in [1.29, 1.82) is 0 Å². The summed E-state index contributed by atoms with van der Waals surface area (Å²) in [6.07, 6.45) is 0.259. The highest BCUT2D eigenvalue weighted by Crippen LogP contribution is 2.33. The maximum absolute atomic E-state index is 13.7. The second-order valence-corrected chi connectivity index (χ2v) is 6.48. The van der Waals surface area contributed by atoms with Gasteiger partial charge >= 0.3 is 6.03 Å². The molecule has 0 radical (unpaired) electrons. The molecule has 1 saturated heterocycles. The van der Waals surface area contributed by atoms with Crippen LogP contribution in [-0.2, 0) is 15.1 Å². The molecule has 0 aliphatic carbocycles. The number of methoxy groups -OCH3 is 1. The molecule has 1 heterocycles. The van der Waals surface area contributed by atoms with Crippen molar-refractivity contribution in [3.63, 3.8) is 0 Å². The van der Waals surface area contributed by atoms with Crippen LogP contribution in [0.15, 0.2) is 42.5 Å². The highest BCUT2D eigenvalue weighted by atomic mass is 19.1. The number of hydrogen-bond acceptors (Lipinski definition) is 4. The van der Waals surface area contributed by atoms with Crippen LogP contribution in [0.25, 0.3) is 0 Å². The maximum atomic E-state index is 13.7. The van der Waals surface area contributed by atoms with Gasteiger partial charge in [0.05, 0.1) is 12.8 Å². The minimum Gasteiger partial charge on any atom is -0.497 e. The monoisotopic (exact) mass is 403 g/mol. The largest absolute Gasteiger partial charge is 0.497 e. The van der Waals surface area contributed by atoms with Gasteiger partial charge in [-0.05, 0) is 36.2 Å². The van der Waals surface area contributed by atoms with Crippen LogP contribution in [0.4, 0.5) is 19.3 Å². The third-order valence-corrected chi connectivity index (χ3v) is 4.80. The zero-order valence-electron chi connectivity index (χ0n) is 15.8. The summed E-state index contributed by atoms with van der Waals surface area (Å²) >= 11 is 0. The van der Waals surface area contributed by atoms with Crippen molar-refractivity contribution < 1.29 is 27.9 Å². The van der Waals surface area contributed by atoms with Crippen molar-refractivity contribution in [1.82, 2.24) is 10.2 Å². The molecule has 9 heteroatoms. The zero-order valence-corrected chi connectivity index (χ0v) is 15.8. The minimum atomic E-state index is -1.31. The van der Waals surface area contributed by atoms with Crippen molar-refractivity contribution >= 4 is 23.5 Å². The molecule has 0 spiro atoms. The van der Waals surface area contributed by atoms with Crippen LogP contribution >= 0.6 is 0 Å². The molecule has 1 atom stereocenters. The molecule has 0 saturated carbocycles. The summed E-state index contributed by atoms with van der Waals surface area (Å²) in [6, 6.07) is 8.59. The van der Waals surface area contributed by atoms with E-state index in [-0.39, 0.29) is 12.1 Å². The van der Waals surface area contributed by atoms with Crippen molar-refractivity contribution in [3.05, 3.63) is 59.7 Å². The number of benzene rings is 2. The molecule has 2 aromatic carbocycles. The quantitative estimate of drug-likeness (QED) is 0.726. The zero-order chi connectivity index (χ0) is 21.2. The summed E-state index contributed by atoms with van der Waals surface area (Å²) in [7, 11) is 1.51. The summed E-state index contributed by atoms with van der Waals surface area (Å²) in [4.78, 5) is 38.5. The van der Waals surface area contributed by atoms with E-state index in [0.717, 1.165) is 17.0 Å². The average Bonchev–Trinajstić information content (AvgIpc) is 2.95. The Hall–Kier alpha value is -3.49. The topological polar surface area (TPSA) is 87.7 Å². The van der Waals surface area contributed by atoms with Gasteiger partial charge in [-0.25, -0.2) is 13.6 Å². The van der Waals surface area contributed by atoms with Gasteiger partial charge in [-0.1, -0.05) is 19.1 Å². The summed E-state index contributed by atoms with van der Waals surface area (Å²) in [5.41, 5.74) is -1.02. The Morgan fingerprint density at radius 1 is 1.17 bits per heavy atom. The van der Waals surface area contributed by atoms with Crippen LogP contribution in [0, 0.1) is 11.6 Å². The first-order valence-electron chi connectivity index (χ1n) is 8.84. The first-order valence-corrected chi connectivity index (χ1v) is 8.84. The van der Waals surface area contributed by atoms with E-state index >= 15 is 0 Å². The van der Waals surface area contributed by atoms with E-state index in [1.165, 1.54) is 7.11 Å². The lowest BCUT2D eigenvalue weighted by Gasteiger charge is -2.26. The molecule has 4 amide bonds. The molecule has 1 aliphatic rings. The predicted molar refractivity (Wildman–Crippen MR) is 100 cm³/mol. The van der Waals surface area contributed by atoms with Gasteiger partial charge in [0.1, 0.15) is 29.5 Å². The lowest BCUT2D eigenvalue weighted by atomic mass is 9.87. The molecule has 1 aliphatic heterocycles. The minimum absolute atomic E-state index is 0.250. The second-order valence-electron chi connectivity index (χ2n) is 6.48. The fourth-order valence-corrected chi connectivity index (χ4v) is 3.21. The molecule has 0 bridgehead atoms. The summed E-state index contributed by atoms with van der Waals surface area (Å²) in [5, 5.41) is 4.89. The van der Waals surface area contributed by atoms with Crippen molar-refractivity contribution in [2.24, 2.45) is 0 Å². The van der Waals surface area contributed by atoms with Crippen LogP contribution in [0.1, 0.15) is 18.9 Å². The number of nitrogens with zero attached hydrogens (tertiary/aromatic N) is 1. The first kappa shape index (κ1) is 20.2. The lowest BCUT2D eigenvalue weighted by Crippen LogP contribution is -2.44. The summed E-state index contributed by atoms with van der Waals surface area (Å²) in [5.74, 6) is -2.54. The van der Waals surface area contributed by atoms with Crippen molar-refractivity contribution in [2.45, 2.75) is 18.9 Å². The number of carbonyl (C=O) groups is 3. The number of ether oxygens (including phenoxy) is 1. The Bertz CT molecular complexity index is 965. The molecule has 1 fully saturated rings. The molecular formula is C20H19F2N3O4. The SMILES string of the molecule is CCC1(c2ccc(OC)cc2)NC(=O)N(CC(=O)Nc2ccc(F)cc2F)C1=O. The molecule has 1 unspecified atom stereocenters. The number of urea groups is 1. The molecular weight excluding hydrogens is 384 g/mol. The maximum Gasteiger partial charge on any atom is 0.325 e. The molecule has 2 aromatic rings. The Morgan fingerprint density at radius 3 is 2.45 bits per heavy atom. The number of imide groups is 1. The standard InChI is InChI=1S/C20H19F2N3O4/c1-3-20(12-4-7-14(29-2)8-5-12)18(27)25(19(28)24-20)11-17(26)23-16-9-6-13(21)10-15(16)22/h4-10H,3,11H2,1-2H3,(H,23,26)(H,24,28). The second kappa shape index (κ2) is 7.86. The van der Waals surface area contributed by atoms with E-state index in [2.05, 4.69) is 10.6 Å². The molecule has 3 rings (SSSR count). The molecule has 152 valence electrons.